The number of methoxy groups -OCH3 is 1. The highest BCUT2D eigenvalue weighted by Crippen LogP contribution is 2.25. The number of benzene rings is 2. The molecule has 3 heterocycles. The molecule has 2 saturated heterocycles. The summed E-state index contributed by atoms with van der Waals surface area (Å²) in [6, 6.07) is 13.3. The highest BCUT2D eigenvalue weighted by atomic mass is 32.2. The van der Waals surface area contributed by atoms with Crippen molar-refractivity contribution in [3.8, 4) is 5.75 Å². The van der Waals surface area contributed by atoms with Gasteiger partial charge in [0, 0.05) is 39.1 Å². The van der Waals surface area contributed by atoms with Crippen LogP contribution in [0, 0.1) is 11.7 Å². The number of para-hydroxylation sites is 2. The van der Waals surface area contributed by atoms with Crippen molar-refractivity contribution in [2.45, 2.75) is 26.1 Å². The summed E-state index contributed by atoms with van der Waals surface area (Å²) in [4.78, 5) is 9.62. The van der Waals surface area contributed by atoms with E-state index in [0.717, 1.165) is 61.7 Å². The molecule has 34 heavy (non-hydrogen) atoms. The van der Waals surface area contributed by atoms with Crippen LogP contribution < -0.4 is 4.74 Å². The molecule has 0 N–H and O–H groups in total. The summed E-state index contributed by atoms with van der Waals surface area (Å²) in [5.74, 6) is 1.61. The van der Waals surface area contributed by atoms with Gasteiger partial charge >= 0.3 is 0 Å². The van der Waals surface area contributed by atoms with Gasteiger partial charge in [0.1, 0.15) is 5.82 Å². The maximum atomic E-state index is 14.0. The van der Waals surface area contributed by atoms with Crippen LogP contribution in [0.15, 0.2) is 42.5 Å². The molecule has 2 aliphatic heterocycles. The van der Waals surface area contributed by atoms with Crippen molar-refractivity contribution in [1.82, 2.24) is 19.4 Å². The first-order valence-electron chi connectivity index (χ1n) is 11.8. The summed E-state index contributed by atoms with van der Waals surface area (Å²) in [5.41, 5.74) is 2.99. The number of aromatic nitrogens is 2. The number of ether oxygens (including phenoxy) is 1. The summed E-state index contributed by atoms with van der Waals surface area (Å²) in [5, 5.41) is 0. The van der Waals surface area contributed by atoms with Crippen LogP contribution in [0.4, 0.5) is 4.39 Å². The molecule has 0 aliphatic carbocycles. The average molecular weight is 487 g/mol. The zero-order chi connectivity index (χ0) is 23.7. The lowest BCUT2D eigenvalue weighted by Crippen LogP contribution is -2.46. The number of piperazine rings is 1. The number of hydrogen-bond donors (Lipinski definition) is 0. The van der Waals surface area contributed by atoms with Crippen molar-refractivity contribution in [2.75, 3.05) is 44.8 Å². The van der Waals surface area contributed by atoms with Crippen LogP contribution in [0.5, 0.6) is 5.75 Å². The molecular formula is C25H31FN4O3S. The molecule has 182 valence electrons. The number of halogens is 1. The summed E-state index contributed by atoms with van der Waals surface area (Å²) >= 11 is 0. The van der Waals surface area contributed by atoms with Gasteiger partial charge in [-0.15, -0.1) is 0 Å². The molecule has 0 unspecified atom stereocenters. The molecule has 1 aromatic heterocycles. The van der Waals surface area contributed by atoms with Crippen molar-refractivity contribution in [1.29, 1.82) is 0 Å². The standard InChI is InChI=1S/C25H31FN4O3S/c1-33-24-7-6-19(14-21(24)26)16-28-9-11-29(12-10-28)18-30-23-5-3-2-4-22(23)27-25(30)15-20-8-13-34(31,32)17-20/h2-7,14,20H,8-13,15-18H2,1H3/t20-/m0/s1. The number of hydrogen-bond acceptors (Lipinski definition) is 6. The second-order valence-electron chi connectivity index (χ2n) is 9.42. The third-order valence-corrected chi connectivity index (χ3v) is 8.80. The third kappa shape index (κ3) is 5.11. The van der Waals surface area contributed by atoms with Crippen molar-refractivity contribution in [2.24, 2.45) is 5.92 Å². The van der Waals surface area contributed by atoms with E-state index in [1.165, 1.54) is 7.11 Å². The van der Waals surface area contributed by atoms with E-state index in [2.05, 4.69) is 20.4 Å². The summed E-state index contributed by atoms with van der Waals surface area (Å²) < 4.78 is 45.2. The topological polar surface area (TPSA) is 67.7 Å². The molecule has 1 atom stereocenters. The molecule has 0 bridgehead atoms. The van der Waals surface area contributed by atoms with Gasteiger partial charge in [-0.05, 0) is 42.2 Å². The van der Waals surface area contributed by atoms with Crippen LogP contribution in [0.3, 0.4) is 0 Å². The molecule has 0 amide bonds. The molecule has 7 nitrogen and oxygen atoms in total. The summed E-state index contributed by atoms with van der Waals surface area (Å²) in [7, 11) is -1.43. The SMILES string of the molecule is COc1ccc(CN2CCN(Cn3c(C[C@@H]4CCS(=O)(=O)C4)nc4ccccc43)CC2)cc1F. The molecule has 0 spiro atoms. The summed E-state index contributed by atoms with van der Waals surface area (Å²) in [6.07, 6.45) is 1.41. The van der Waals surface area contributed by atoms with E-state index in [9.17, 15) is 12.8 Å². The molecule has 2 fully saturated rings. The fourth-order valence-electron chi connectivity index (χ4n) is 5.09. The lowest BCUT2D eigenvalue weighted by molar-refractivity contribution is 0.103. The van der Waals surface area contributed by atoms with Gasteiger partial charge in [0.2, 0.25) is 0 Å². The lowest BCUT2D eigenvalue weighted by Gasteiger charge is -2.35. The maximum Gasteiger partial charge on any atom is 0.165 e. The minimum Gasteiger partial charge on any atom is -0.494 e. The average Bonchev–Trinajstić information content (AvgIpc) is 3.34. The quantitative estimate of drug-likeness (QED) is 0.512. The third-order valence-electron chi connectivity index (χ3n) is 6.96. The second-order valence-corrected chi connectivity index (χ2v) is 11.7. The number of sulfone groups is 1. The lowest BCUT2D eigenvalue weighted by atomic mass is 10.1. The summed E-state index contributed by atoms with van der Waals surface area (Å²) in [6.45, 7) is 5.06. The highest BCUT2D eigenvalue weighted by Gasteiger charge is 2.30. The van der Waals surface area contributed by atoms with E-state index in [-0.39, 0.29) is 29.0 Å². The number of fused-ring (bicyclic) bond motifs is 1. The van der Waals surface area contributed by atoms with Gasteiger partial charge in [-0.2, -0.15) is 0 Å². The predicted octanol–water partition coefficient (Wildman–Crippen LogP) is 2.94. The van der Waals surface area contributed by atoms with Gasteiger partial charge < -0.3 is 9.30 Å². The van der Waals surface area contributed by atoms with Crippen LogP contribution in [-0.2, 0) is 29.5 Å². The molecule has 9 heteroatoms. The highest BCUT2D eigenvalue weighted by molar-refractivity contribution is 7.91. The monoisotopic (exact) mass is 486 g/mol. The Balaban J connectivity index is 1.25. The first-order chi connectivity index (χ1) is 16.4. The fraction of sp³-hybridized carbons (Fsp3) is 0.480. The first kappa shape index (κ1) is 23.3. The van der Waals surface area contributed by atoms with Gasteiger partial charge in [0.15, 0.2) is 21.4 Å². The van der Waals surface area contributed by atoms with Gasteiger partial charge in [0.25, 0.3) is 0 Å². The van der Waals surface area contributed by atoms with Crippen LogP contribution in [-0.4, -0.2) is 72.6 Å². The Morgan fingerprint density at radius 2 is 1.85 bits per heavy atom. The number of imidazole rings is 1. The van der Waals surface area contributed by atoms with E-state index in [4.69, 9.17) is 9.72 Å². The first-order valence-corrected chi connectivity index (χ1v) is 13.6. The van der Waals surface area contributed by atoms with Gasteiger partial charge in [0.05, 0.1) is 36.3 Å². The van der Waals surface area contributed by atoms with E-state index in [0.29, 0.717) is 13.0 Å². The van der Waals surface area contributed by atoms with E-state index in [1.807, 2.05) is 24.3 Å². The fourth-order valence-corrected chi connectivity index (χ4v) is 6.95. The molecule has 3 aromatic rings. The maximum absolute atomic E-state index is 14.0. The Bertz CT molecular complexity index is 1270. The molecule has 0 saturated carbocycles. The van der Waals surface area contributed by atoms with Crippen LogP contribution in [0.2, 0.25) is 0 Å². The van der Waals surface area contributed by atoms with Gasteiger partial charge in [-0.25, -0.2) is 17.8 Å². The van der Waals surface area contributed by atoms with Crippen LogP contribution >= 0.6 is 0 Å². The second kappa shape index (κ2) is 9.64. The predicted molar refractivity (Wildman–Crippen MR) is 130 cm³/mol. The molecule has 5 rings (SSSR count). The molecule has 2 aliphatic rings. The Labute approximate surface area is 200 Å². The normalized spacial score (nSPS) is 21.3. The van der Waals surface area contributed by atoms with Crippen molar-refractivity contribution in [3.63, 3.8) is 0 Å². The molecule has 2 aromatic carbocycles. The Kier molecular flexibility index (Phi) is 6.59. The van der Waals surface area contributed by atoms with Crippen molar-refractivity contribution in [3.05, 3.63) is 59.7 Å². The Morgan fingerprint density at radius 1 is 1.09 bits per heavy atom. The smallest absolute Gasteiger partial charge is 0.165 e. The Hall–Kier alpha value is -2.49. The van der Waals surface area contributed by atoms with Gasteiger partial charge in [-0.3, -0.25) is 9.80 Å². The van der Waals surface area contributed by atoms with E-state index >= 15 is 0 Å². The van der Waals surface area contributed by atoms with Crippen LogP contribution in [0.1, 0.15) is 17.8 Å². The molecular weight excluding hydrogens is 455 g/mol. The van der Waals surface area contributed by atoms with Crippen molar-refractivity contribution < 1.29 is 17.5 Å². The minimum atomic E-state index is -2.91. The van der Waals surface area contributed by atoms with Gasteiger partial charge in [-0.1, -0.05) is 18.2 Å². The molecule has 0 radical (unpaired) electrons. The zero-order valence-electron chi connectivity index (χ0n) is 19.5. The Morgan fingerprint density at radius 3 is 2.56 bits per heavy atom. The number of nitrogens with zero attached hydrogens (tertiary/aromatic N) is 4. The number of rotatable bonds is 7. The van der Waals surface area contributed by atoms with E-state index in [1.54, 1.807) is 12.1 Å². The van der Waals surface area contributed by atoms with Crippen molar-refractivity contribution >= 4 is 20.9 Å². The largest absolute Gasteiger partial charge is 0.494 e. The van der Waals surface area contributed by atoms with E-state index < -0.39 is 9.84 Å². The minimum absolute atomic E-state index is 0.141. The zero-order valence-corrected chi connectivity index (χ0v) is 20.3. The van der Waals surface area contributed by atoms with Crippen LogP contribution in [0.25, 0.3) is 11.0 Å².